The van der Waals surface area contributed by atoms with Crippen LogP contribution in [0.25, 0.3) is 11.1 Å². The number of hydrogen-bond donors (Lipinski definition) is 0. The Labute approximate surface area is 200 Å². The molecule has 0 bridgehead atoms. The number of benzene rings is 1. The van der Waals surface area contributed by atoms with E-state index in [-0.39, 0.29) is 24.8 Å². The van der Waals surface area contributed by atoms with E-state index in [0.717, 1.165) is 29.5 Å². The molecule has 0 N–H and O–H groups in total. The highest BCUT2D eigenvalue weighted by Crippen LogP contribution is 2.30. The van der Waals surface area contributed by atoms with Crippen LogP contribution in [-0.2, 0) is 29.3 Å². The molecule has 0 saturated heterocycles. The highest BCUT2D eigenvalue weighted by atomic mass is 32.2. The molecule has 0 aliphatic heterocycles. The average molecular weight is 485 g/mol. The predicted molar refractivity (Wildman–Crippen MR) is 129 cm³/mol. The van der Waals surface area contributed by atoms with Crippen molar-refractivity contribution in [2.24, 2.45) is 5.92 Å². The van der Waals surface area contributed by atoms with Crippen LogP contribution in [0.5, 0.6) is 11.8 Å². The molecule has 1 aliphatic carbocycles. The van der Waals surface area contributed by atoms with Crippen LogP contribution in [0.2, 0.25) is 0 Å². The molecule has 4 rings (SSSR count). The van der Waals surface area contributed by atoms with Gasteiger partial charge in [-0.1, -0.05) is 13.0 Å². The van der Waals surface area contributed by atoms with E-state index in [0.29, 0.717) is 29.7 Å². The van der Waals surface area contributed by atoms with Crippen LogP contribution in [0, 0.1) is 18.7 Å². The second-order valence-corrected chi connectivity index (χ2v) is 11.3. The molecule has 2 aromatic heterocycles. The molecule has 6 nitrogen and oxygen atoms in total. The number of sulfone groups is 1. The first-order chi connectivity index (χ1) is 16.2. The van der Waals surface area contributed by atoms with Crippen molar-refractivity contribution >= 4 is 9.84 Å². The van der Waals surface area contributed by atoms with E-state index in [4.69, 9.17) is 9.47 Å². The standard InChI is InChI=1S/C26H29FN2O4S/c1-17-9-20-13-26(28-14-21(20)10-17)33-16-22-12-19(5-6-24(22)27)23-15-29-25(11-18(23)2)32-7-4-8-34(3,30)31/h5-6,11-15,17H,4,7-10,16H2,1-3H3/t17-/m0/s1. The van der Waals surface area contributed by atoms with E-state index in [1.165, 1.54) is 23.4 Å². The van der Waals surface area contributed by atoms with Crippen molar-refractivity contribution in [3.05, 3.63) is 70.8 Å². The van der Waals surface area contributed by atoms with Crippen molar-refractivity contribution in [3.8, 4) is 22.9 Å². The lowest BCUT2D eigenvalue weighted by molar-refractivity contribution is 0.288. The normalized spacial score (nSPS) is 15.2. The maximum atomic E-state index is 14.5. The molecule has 0 unspecified atom stereocenters. The lowest BCUT2D eigenvalue weighted by Gasteiger charge is -2.12. The van der Waals surface area contributed by atoms with Gasteiger partial charge in [-0.25, -0.2) is 22.8 Å². The summed E-state index contributed by atoms with van der Waals surface area (Å²) >= 11 is 0. The first-order valence-electron chi connectivity index (χ1n) is 11.3. The molecule has 2 heterocycles. The Kier molecular flexibility index (Phi) is 7.16. The number of ether oxygens (including phenoxy) is 2. The zero-order valence-corrected chi connectivity index (χ0v) is 20.5. The Hall–Kier alpha value is -3.00. The third-order valence-corrected chi connectivity index (χ3v) is 6.95. The largest absolute Gasteiger partial charge is 0.478 e. The zero-order chi connectivity index (χ0) is 24.3. The molecule has 0 fully saturated rings. The van der Waals surface area contributed by atoms with Crippen LogP contribution < -0.4 is 9.47 Å². The fourth-order valence-corrected chi connectivity index (χ4v) is 4.84. The van der Waals surface area contributed by atoms with Crippen LogP contribution in [0.4, 0.5) is 4.39 Å². The Bertz CT molecular complexity index is 1290. The van der Waals surface area contributed by atoms with Gasteiger partial charge < -0.3 is 9.47 Å². The van der Waals surface area contributed by atoms with Crippen LogP contribution in [0.3, 0.4) is 0 Å². The molecule has 180 valence electrons. The maximum Gasteiger partial charge on any atom is 0.213 e. The lowest BCUT2D eigenvalue weighted by atomic mass is 10.0. The second kappa shape index (κ2) is 10.1. The van der Waals surface area contributed by atoms with Crippen molar-refractivity contribution in [1.29, 1.82) is 0 Å². The zero-order valence-electron chi connectivity index (χ0n) is 19.7. The summed E-state index contributed by atoms with van der Waals surface area (Å²) in [4.78, 5) is 8.70. The van der Waals surface area contributed by atoms with Gasteiger partial charge in [0.05, 0.1) is 12.4 Å². The highest BCUT2D eigenvalue weighted by Gasteiger charge is 2.19. The topological polar surface area (TPSA) is 78.4 Å². The number of nitrogens with zero attached hydrogens (tertiary/aromatic N) is 2. The second-order valence-electron chi connectivity index (χ2n) is 9.07. The quantitative estimate of drug-likeness (QED) is 0.409. The molecule has 0 radical (unpaired) electrons. The molecule has 0 amide bonds. The molecule has 3 aromatic rings. The third kappa shape index (κ3) is 6.11. The van der Waals surface area contributed by atoms with Gasteiger partial charge in [-0.2, -0.15) is 0 Å². The molecule has 8 heteroatoms. The lowest BCUT2D eigenvalue weighted by Crippen LogP contribution is -2.08. The summed E-state index contributed by atoms with van der Waals surface area (Å²) in [5, 5.41) is 0. The van der Waals surface area contributed by atoms with Crippen molar-refractivity contribution < 1.29 is 22.3 Å². The van der Waals surface area contributed by atoms with E-state index in [2.05, 4.69) is 16.9 Å². The van der Waals surface area contributed by atoms with Gasteiger partial charge >= 0.3 is 0 Å². The Morgan fingerprint density at radius 2 is 1.76 bits per heavy atom. The van der Waals surface area contributed by atoms with Gasteiger partial charge in [0.1, 0.15) is 22.3 Å². The van der Waals surface area contributed by atoms with Crippen LogP contribution in [0.15, 0.2) is 42.7 Å². The van der Waals surface area contributed by atoms with Gasteiger partial charge in [0.15, 0.2) is 0 Å². The van der Waals surface area contributed by atoms with Crippen molar-refractivity contribution in [3.63, 3.8) is 0 Å². The summed E-state index contributed by atoms with van der Waals surface area (Å²) in [6.45, 7) is 4.49. The molecule has 1 aliphatic rings. The summed E-state index contributed by atoms with van der Waals surface area (Å²) < 4.78 is 48.3. The summed E-state index contributed by atoms with van der Waals surface area (Å²) in [5.74, 6) is 1.28. The van der Waals surface area contributed by atoms with Gasteiger partial charge in [-0.15, -0.1) is 0 Å². The van der Waals surface area contributed by atoms with E-state index in [1.807, 2.05) is 19.2 Å². The summed E-state index contributed by atoms with van der Waals surface area (Å²) in [6.07, 6.45) is 7.21. The average Bonchev–Trinajstić information content (AvgIpc) is 3.15. The summed E-state index contributed by atoms with van der Waals surface area (Å²) in [6, 6.07) is 8.67. The summed E-state index contributed by atoms with van der Waals surface area (Å²) in [5.41, 5.74) is 5.55. The Morgan fingerprint density at radius 1 is 1.03 bits per heavy atom. The van der Waals surface area contributed by atoms with Crippen LogP contribution in [0.1, 0.15) is 35.6 Å². The Balaban J connectivity index is 1.43. The Morgan fingerprint density at radius 3 is 2.53 bits per heavy atom. The fraction of sp³-hybridized carbons (Fsp3) is 0.385. The minimum absolute atomic E-state index is 0.0740. The third-order valence-electron chi connectivity index (χ3n) is 5.92. The van der Waals surface area contributed by atoms with E-state index >= 15 is 0 Å². The van der Waals surface area contributed by atoms with Crippen LogP contribution >= 0.6 is 0 Å². The molecule has 34 heavy (non-hydrogen) atoms. The number of rotatable bonds is 9. The van der Waals surface area contributed by atoms with Crippen molar-refractivity contribution in [1.82, 2.24) is 9.97 Å². The highest BCUT2D eigenvalue weighted by molar-refractivity contribution is 7.90. The van der Waals surface area contributed by atoms with Gasteiger partial charge in [0.2, 0.25) is 11.8 Å². The molecule has 1 aromatic carbocycles. The van der Waals surface area contributed by atoms with Crippen molar-refractivity contribution in [2.75, 3.05) is 18.6 Å². The molecule has 0 saturated carbocycles. The molecule has 1 atom stereocenters. The first kappa shape index (κ1) is 24.1. The van der Waals surface area contributed by atoms with E-state index in [1.54, 1.807) is 24.4 Å². The minimum Gasteiger partial charge on any atom is -0.478 e. The number of fused-ring (bicyclic) bond motifs is 1. The van der Waals surface area contributed by atoms with E-state index in [9.17, 15) is 12.8 Å². The maximum absolute atomic E-state index is 14.5. The predicted octanol–water partition coefficient (Wildman–Crippen LogP) is 4.72. The SMILES string of the molecule is Cc1cc(OCCCS(C)(=O)=O)ncc1-c1ccc(F)c(COc2cc3c(cn2)C[C@@H](C)C3)c1. The van der Waals surface area contributed by atoms with Gasteiger partial charge in [0, 0.05) is 41.9 Å². The monoisotopic (exact) mass is 484 g/mol. The summed E-state index contributed by atoms with van der Waals surface area (Å²) in [7, 11) is -3.01. The fourth-order valence-electron chi connectivity index (χ4n) is 4.19. The first-order valence-corrected chi connectivity index (χ1v) is 13.4. The number of hydrogen-bond acceptors (Lipinski definition) is 6. The molecule has 0 spiro atoms. The van der Waals surface area contributed by atoms with Gasteiger partial charge in [-0.05, 0) is 66.5 Å². The van der Waals surface area contributed by atoms with Crippen LogP contribution in [-0.4, -0.2) is 37.0 Å². The number of aryl methyl sites for hydroxylation is 1. The van der Waals surface area contributed by atoms with E-state index < -0.39 is 9.84 Å². The van der Waals surface area contributed by atoms with Gasteiger partial charge in [-0.3, -0.25) is 0 Å². The number of halogens is 1. The minimum atomic E-state index is -3.01. The smallest absolute Gasteiger partial charge is 0.213 e. The van der Waals surface area contributed by atoms with Crippen molar-refractivity contribution in [2.45, 2.75) is 39.7 Å². The molecular formula is C26H29FN2O4S. The number of pyridine rings is 2. The van der Waals surface area contributed by atoms with Gasteiger partial charge in [0.25, 0.3) is 0 Å². The number of aromatic nitrogens is 2. The molecular weight excluding hydrogens is 455 g/mol.